The summed E-state index contributed by atoms with van der Waals surface area (Å²) in [5.74, 6) is 0.242. The average molecular weight is 742 g/mol. The second-order valence-corrected chi connectivity index (χ2v) is 12.8. The number of fused-ring (bicyclic) bond motifs is 4. The Morgan fingerprint density at radius 2 is 1.30 bits per heavy atom. The number of rotatable bonds is 7. The Balaban J connectivity index is 1.16. The molecule has 7 aromatic carbocycles. The molecule has 0 radical (unpaired) electrons. The van der Waals surface area contributed by atoms with Crippen LogP contribution in [0.5, 0.6) is 11.5 Å². The Morgan fingerprint density at radius 1 is 0.625 bits per heavy atom. The number of ether oxygens (including phenoxy) is 1. The first-order valence-electron chi connectivity index (χ1n) is 26.9. The van der Waals surface area contributed by atoms with Crippen LogP contribution in [0.4, 0.5) is 0 Å². The topological polar surface area (TPSA) is 35.9 Å². The molecule has 0 amide bonds. The van der Waals surface area contributed by atoms with Crippen molar-refractivity contribution in [3.8, 4) is 50.9 Å². The smallest absolute Gasteiger partial charge is 0.269 e. The van der Waals surface area contributed by atoms with Crippen molar-refractivity contribution >= 4 is 32.8 Å². The zero-order valence-electron chi connectivity index (χ0n) is 48.2. The van der Waals surface area contributed by atoms with Gasteiger partial charge in [-0.2, -0.15) is 0 Å². The van der Waals surface area contributed by atoms with Crippen LogP contribution in [-0.4, -0.2) is 14.1 Å². The molecule has 268 valence electrons. The summed E-state index contributed by atoms with van der Waals surface area (Å²) in [7, 11) is 0. The average Bonchev–Trinajstić information content (AvgIpc) is 3.91. The van der Waals surface area contributed by atoms with Crippen LogP contribution in [0, 0.1) is 26.9 Å². The van der Waals surface area contributed by atoms with Crippen molar-refractivity contribution < 1.29 is 35.3 Å². The van der Waals surface area contributed by atoms with Gasteiger partial charge in [0.25, 0.3) is 6.33 Å². The van der Waals surface area contributed by atoms with E-state index in [9.17, 15) is 0 Å². The van der Waals surface area contributed by atoms with Crippen LogP contribution in [0.2, 0.25) is 0 Å². The van der Waals surface area contributed by atoms with Crippen molar-refractivity contribution in [1.82, 2.24) is 14.1 Å². The van der Waals surface area contributed by atoms with Gasteiger partial charge >= 0.3 is 0 Å². The number of benzene rings is 7. The highest BCUT2D eigenvalue weighted by molar-refractivity contribution is 6.09. The Bertz CT molecular complexity index is 3880. The third kappa shape index (κ3) is 5.56. The first-order chi connectivity index (χ1) is 35.3. The predicted octanol–water partition coefficient (Wildman–Crippen LogP) is 12.3. The van der Waals surface area contributed by atoms with Crippen molar-refractivity contribution in [2.75, 3.05) is 0 Å². The van der Waals surface area contributed by atoms with Crippen LogP contribution in [0.3, 0.4) is 0 Å². The van der Waals surface area contributed by atoms with E-state index in [0.717, 1.165) is 6.20 Å². The van der Waals surface area contributed by atoms with Crippen molar-refractivity contribution in [3.63, 3.8) is 0 Å². The molecule has 10 rings (SSSR count). The summed E-state index contributed by atoms with van der Waals surface area (Å²) in [6, 6.07) is 24.7. The Kier molecular flexibility index (Phi) is 4.57. The zero-order valence-corrected chi connectivity index (χ0v) is 29.2. The molecule has 3 aromatic heterocycles. The molecule has 0 atom stereocenters. The van der Waals surface area contributed by atoms with Crippen molar-refractivity contribution in [3.05, 3.63) is 199 Å². The molecule has 10 aromatic rings. The van der Waals surface area contributed by atoms with Gasteiger partial charge in [-0.05, 0) is 95.9 Å². The molecule has 0 bridgehead atoms. The molecule has 0 saturated carbocycles. The quantitative estimate of drug-likeness (QED) is 0.120. The van der Waals surface area contributed by atoms with E-state index in [0.29, 0.717) is 44.3 Å². The predicted molar refractivity (Wildman–Crippen MR) is 227 cm³/mol. The highest BCUT2D eigenvalue weighted by Crippen LogP contribution is 2.37. The summed E-state index contributed by atoms with van der Waals surface area (Å²) >= 11 is 0. The maximum Gasteiger partial charge on any atom is 0.269 e. The molecule has 0 aliphatic carbocycles. The van der Waals surface area contributed by atoms with Gasteiger partial charge < -0.3 is 4.74 Å². The van der Waals surface area contributed by atoms with E-state index < -0.39 is 97.7 Å². The molecule has 5 nitrogen and oxygen atoms in total. The molecule has 5 heteroatoms. The van der Waals surface area contributed by atoms with Crippen LogP contribution >= 0.6 is 0 Å². The Labute approximate surface area is 352 Å². The SMILES string of the molecule is [2H]c1c([2H])c([2H])c(-c2cccc(-c3c([2H])c([2H])c([2H])c([2H])c3[2H])c2-[n+]2[c-]n(-c3cccc(Oc4ccc5c6ccccc6n(-c6ncc(C([2H])([2H])[2H])c(C([2H])([2H])[2H])c6C([2H])([2H])[2H])c5c4)c3)c3ccccc32)c([2H])c1[2H]. The van der Waals surface area contributed by atoms with Crippen LogP contribution in [0.1, 0.15) is 42.7 Å². The monoisotopic (exact) mass is 741 g/mol. The van der Waals surface area contributed by atoms with Gasteiger partial charge in [0.2, 0.25) is 0 Å². The third-order valence-corrected chi connectivity index (χ3v) is 9.59. The van der Waals surface area contributed by atoms with E-state index in [4.69, 9.17) is 30.8 Å². The molecular weight excluding hydrogens is 685 g/mol. The largest absolute Gasteiger partial charge is 0.458 e. The molecule has 0 unspecified atom stereocenters. The molecule has 0 fully saturated rings. The fraction of sp³-hybridized carbons (Fsp3) is 0.0588. The van der Waals surface area contributed by atoms with Crippen LogP contribution in [0.25, 0.3) is 72.3 Å². The molecule has 0 saturated heterocycles. The minimum atomic E-state index is -3.16. The summed E-state index contributed by atoms with van der Waals surface area (Å²) in [5, 5.41) is 1.27. The lowest BCUT2D eigenvalue weighted by Gasteiger charge is -2.17. The number of para-hydroxylation sites is 4. The fourth-order valence-electron chi connectivity index (χ4n) is 7.11. The summed E-state index contributed by atoms with van der Waals surface area (Å²) in [6.07, 6.45) is 4.23. The molecule has 0 N–H and O–H groups in total. The standard InChI is InChI=1S/C51H38N4O/c1-34-32-52-51(36(3)35(34)2)55-46-25-11-10-22-44(46)45-29-28-41(31-49(45)55)56-40-21-14-20-39(30-40)53-33-54(48-27-13-12-26-47(48)53)50-42(37-16-6-4-7-17-37)23-15-24-43(50)38-18-8-5-9-19-38/h4-32H,1-3H3/i1D3,2D3,3D3,4D,5D,6D,7D,8D,9D,16D,17D,18D,19D. The Hall–Kier alpha value is -7.24. The highest BCUT2D eigenvalue weighted by Gasteiger charge is 2.20. The van der Waals surface area contributed by atoms with E-state index >= 15 is 0 Å². The Morgan fingerprint density at radius 3 is 2.05 bits per heavy atom. The van der Waals surface area contributed by atoms with E-state index in [2.05, 4.69) is 11.3 Å². The van der Waals surface area contributed by atoms with E-state index in [1.165, 1.54) is 22.8 Å². The number of imidazole rings is 1. The highest BCUT2D eigenvalue weighted by atomic mass is 16.5. The minimum absolute atomic E-state index is 0.0781. The first kappa shape index (κ1) is 18.9. The van der Waals surface area contributed by atoms with Gasteiger partial charge in [0.15, 0.2) is 0 Å². The maximum atomic E-state index is 8.99. The zero-order chi connectivity index (χ0) is 54.0. The number of aryl methyl sites for hydroxylation is 1. The van der Waals surface area contributed by atoms with Crippen LogP contribution < -0.4 is 9.30 Å². The number of aromatic nitrogens is 4. The van der Waals surface area contributed by atoms with E-state index in [1.807, 2.05) is 0 Å². The third-order valence-electron chi connectivity index (χ3n) is 9.59. The lowest BCUT2D eigenvalue weighted by atomic mass is 9.95. The number of hydrogen-bond acceptors (Lipinski definition) is 2. The number of hydrogen-bond donors (Lipinski definition) is 0. The summed E-state index contributed by atoms with van der Waals surface area (Å²) in [4.78, 5) is 4.38. The summed E-state index contributed by atoms with van der Waals surface area (Å²) < 4.78 is 173. The van der Waals surface area contributed by atoms with Gasteiger partial charge in [-0.25, -0.2) is 4.98 Å². The molecule has 0 aliphatic heterocycles. The second kappa shape index (κ2) is 13.6. The summed E-state index contributed by atoms with van der Waals surface area (Å²) in [5.41, 5.74) is -0.157. The van der Waals surface area contributed by atoms with Crippen molar-refractivity contribution in [2.24, 2.45) is 0 Å². The van der Waals surface area contributed by atoms with Crippen molar-refractivity contribution in [1.29, 1.82) is 0 Å². The molecule has 0 spiro atoms. The van der Waals surface area contributed by atoms with E-state index in [1.54, 1.807) is 100 Å². The molecular formula is C51H38N4O. The molecule has 0 aliphatic rings. The number of nitrogens with zero attached hydrogens (tertiary/aromatic N) is 4. The van der Waals surface area contributed by atoms with Gasteiger partial charge in [0, 0.05) is 35.4 Å². The summed E-state index contributed by atoms with van der Waals surface area (Å²) in [6.45, 7) is -9.31. The van der Waals surface area contributed by atoms with Gasteiger partial charge in [-0.1, -0.05) is 127 Å². The lowest BCUT2D eigenvalue weighted by molar-refractivity contribution is -0.571. The normalized spacial score (nSPS) is 17.0. The van der Waals surface area contributed by atoms with Crippen LogP contribution in [0.15, 0.2) is 176 Å². The van der Waals surface area contributed by atoms with E-state index in [-0.39, 0.29) is 39.5 Å². The maximum absolute atomic E-state index is 8.99. The van der Waals surface area contributed by atoms with Crippen molar-refractivity contribution in [2.45, 2.75) is 20.6 Å². The molecule has 3 heterocycles. The first-order valence-corrected chi connectivity index (χ1v) is 17.4. The minimum Gasteiger partial charge on any atom is -0.458 e. The van der Waals surface area contributed by atoms with Gasteiger partial charge in [-0.15, -0.1) is 0 Å². The molecule has 56 heavy (non-hydrogen) atoms. The van der Waals surface area contributed by atoms with Crippen LogP contribution in [-0.2, 0) is 0 Å². The number of pyridine rings is 1. The van der Waals surface area contributed by atoms with Gasteiger partial charge in [0.1, 0.15) is 17.3 Å². The lowest BCUT2D eigenvalue weighted by Crippen LogP contribution is -2.31. The second-order valence-electron chi connectivity index (χ2n) is 12.8. The van der Waals surface area contributed by atoms with Gasteiger partial charge in [0.05, 0.1) is 47.1 Å². The fourth-order valence-corrected chi connectivity index (χ4v) is 7.11. The van der Waals surface area contributed by atoms with Gasteiger partial charge in [-0.3, -0.25) is 13.7 Å².